The maximum atomic E-state index is 13.4. The Morgan fingerprint density at radius 1 is 1.16 bits per heavy atom. The zero-order valence-corrected chi connectivity index (χ0v) is 10.2. The van der Waals surface area contributed by atoms with Gasteiger partial charge in [-0.05, 0) is 18.1 Å². The number of nitrogens with zero attached hydrogens (tertiary/aromatic N) is 1. The van der Waals surface area contributed by atoms with Gasteiger partial charge in [0.15, 0.2) is 0 Å². The van der Waals surface area contributed by atoms with Crippen LogP contribution >= 0.6 is 0 Å². The molecular formula is C14H13FN2O2. The largest absolute Gasteiger partial charge is 0.385 e. The van der Waals surface area contributed by atoms with E-state index in [1.54, 1.807) is 0 Å². The van der Waals surface area contributed by atoms with E-state index in [1.807, 2.05) is 30.3 Å². The Morgan fingerprint density at radius 3 is 2.53 bits per heavy atom. The molecule has 0 unspecified atom stereocenters. The Hall–Kier alpha value is -2.43. The van der Waals surface area contributed by atoms with E-state index in [9.17, 15) is 14.5 Å². The fourth-order valence-electron chi connectivity index (χ4n) is 1.76. The smallest absolute Gasteiger partial charge is 0.304 e. The second kappa shape index (κ2) is 5.95. The molecule has 0 aliphatic rings. The van der Waals surface area contributed by atoms with Gasteiger partial charge in [0, 0.05) is 24.4 Å². The maximum absolute atomic E-state index is 13.4. The van der Waals surface area contributed by atoms with Crippen molar-refractivity contribution in [3.63, 3.8) is 0 Å². The molecule has 0 atom stereocenters. The summed E-state index contributed by atoms with van der Waals surface area (Å²) in [5, 5.41) is 13.5. The van der Waals surface area contributed by atoms with Crippen molar-refractivity contribution in [1.29, 1.82) is 0 Å². The minimum absolute atomic E-state index is 0.506. The lowest BCUT2D eigenvalue weighted by Crippen LogP contribution is -2.05. The molecule has 5 heteroatoms. The van der Waals surface area contributed by atoms with Gasteiger partial charge in [0.2, 0.25) is 5.82 Å². The van der Waals surface area contributed by atoms with E-state index >= 15 is 0 Å². The van der Waals surface area contributed by atoms with Gasteiger partial charge in [0.1, 0.15) is 0 Å². The topological polar surface area (TPSA) is 55.2 Å². The lowest BCUT2D eigenvalue weighted by molar-refractivity contribution is -0.387. The number of hydrogen-bond donors (Lipinski definition) is 1. The summed E-state index contributed by atoms with van der Waals surface area (Å²) >= 11 is 0. The lowest BCUT2D eigenvalue weighted by Gasteiger charge is -2.06. The van der Waals surface area contributed by atoms with Crippen LogP contribution in [0.4, 0.5) is 15.8 Å². The van der Waals surface area contributed by atoms with Crippen molar-refractivity contribution in [2.75, 3.05) is 11.9 Å². The number of benzene rings is 2. The molecule has 98 valence electrons. The van der Waals surface area contributed by atoms with Gasteiger partial charge in [-0.15, -0.1) is 0 Å². The van der Waals surface area contributed by atoms with Gasteiger partial charge in [-0.3, -0.25) is 10.1 Å². The van der Waals surface area contributed by atoms with E-state index in [0.717, 1.165) is 12.5 Å². The number of nitro benzene ring substituents is 1. The van der Waals surface area contributed by atoms with E-state index in [0.29, 0.717) is 12.2 Å². The van der Waals surface area contributed by atoms with Crippen LogP contribution in [0.15, 0.2) is 48.5 Å². The molecule has 0 aliphatic heterocycles. The summed E-state index contributed by atoms with van der Waals surface area (Å²) in [5.74, 6) is -0.824. The van der Waals surface area contributed by atoms with Crippen LogP contribution < -0.4 is 5.32 Å². The third-order valence-corrected chi connectivity index (χ3v) is 2.73. The molecule has 2 aromatic rings. The first-order valence-corrected chi connectivity index (χ1v) is 5.88. The minimum atomic E-state index is -0.824. The highest BCUT2D eigenvalue weighted by Gasteiger charge is 2.13. The predicted molar refractivity (Wildman–Crippen MR) is 71.7 cm³/mol. The Bertz CT molecular complexity index is 573. The van der Waals surface area contributed by atoms with Crippen molar-refractivity contribution < 1.29 is 9.31 Å². The zero-order chi connectivity index (χ0) is 13.7. The van der Waals surface area contributed by atoms with Crippen LogP contribution in [0.25, 0.3) is 0 Å². The van der Waals surface area contributed by atoms with Crippen molar-refractivity contribution >= 4 is 11.4 Å². The Morgan fingerprint density at radius 2 is 1.89 bits per heavy atom. The van der Waals surface area contributed by atoms with Gasteiger partial charge in [0.25, 0.3) is 0 Å². The van der Waals surface area contributed by atoms with Crippen LogP contribution in [-0.4, -0.2) is 11.5 Å². The molecule has 2 aromatic carbocycles. The van der Waals surface area contributed by atoms with Gasteiger partial charge in [0.05, 0.1) is 4.92 Å². The van der Waals surface area contributed by atoms with Crippen molar-refractivity contribution in [1.82, 2.24) is 0 Å². The van der Waals surface area contributed by atoms with Gasteiger partial charge < -0.3 is 5.32 Å². The van der Waals surface area contributed by atoms with E-state index in [2.05, 4.69) is 5.32 Å². The molecule has 4 nitrogen and oxygen atoms in total. The molecule has 0 saturated carbocycles. The zero-order valence-electron chi connectivity index (χ0n) is 10.2. The Labute approximate surface area is 110 Å². The molecule has 0 aromatic heterocycles. The first kappa shape index (κ1) is 13.0. The summed E-state index contributed by atoms with van der Waals surface area (Å²) in [4.78, 5) is 9.74. The minimum Gasteiger partial charge on any atom is -0.385 e. The number of rotatable bonds is 5. The van der Waals surface area contributed by atoms with Crippen LogP contribution in [0.3, 0.4) is 0 Å². The first-order valence-electron chi connectivity index (χ1n) is 5.88. The summed E-state index contributed by atoms with van der Waals surface area (Å²) in [6.45, 7) is 0.640. The van der Waals surface area contributed by atoms with Crippen LogP contribution in [-0.2, 0) is 6.42 Å². The summed E-state index contributed by atoms with van der Waals surface area (Å²) in [5.41, 5.74) is 1.21. The van der Waals surface area contributed by atoms with Crippen LogP contribution in [0.1, 0.15) is 5.56 Å². The number of anilines is 1. The van der Waals surface area contributed by atoms with Crippen molar-refractivity contribution in [2.45, 2.75) is 6.42 Å². The highest BCUT2D eigenvalue weighted by molar-refractivity contribution is 5.49. The molecule has 0 aliphatic carbocycles. The van der Waals surface area contributed by atoms with Gasteiger partial charge in [-0.2, -0.15) is 4.39 Å². The van der Waals surface area contributed by atoms with Crippen molar-refractivity contribution in [2.24, 2.45) is 0 Å². The maximum Gasteiger partial charge on any atom is 0.304 e. The third-order valence-electron chi connectivity index (χ3n) is 2.73. The second-order valence-corrected chi connectivity index (χ2v) is 4.09. The molecule has 0 fully saturated rings. The molecule has 1 N–H and O–H groups in total. The Kier molecular flexibility index (Phi) is 4.07. The third kappa shape index (κ3) is 3.51. The van der Waals surface area contributed by atoms with Crippen molar-refractivity contribution in [3.8, 4) is 0 Å². The normalized spacial score (nSPS) is 10.2. The molecule has 0 heterocycles. The number of nitro groups is 1. The van der Waals surface area contributed by atoms with E-state index in [4.69, 9.17) is 0 Å². The molecule has 0 radical (unpaired) electrons. The molecular weight excluding hydrogens is 247 g/mol. The number of hydrogen-bond acceptors (Lipinski definition) is 3. The first-order chi connectivity index (χ1) is 9.16. The monoisotopic (exact) mass is 260 g/mol. The van der Waals surface area contributed by atoms with Crippen LogP contribution in [0.2, 0.25) is 0 Å². The summed E-state index contributed by atoms with van der Waals surface area (Å²) in [7, 11) is 0. The van der Waals surface area contributed by atoms with Crippen LogP contribution in [0.5, 0.6) is 0 Å². The van der Waals surface area contributed by atoms with E-state index < -0.39 is 16.4 Å². The molecule has 0 spiro atoms. The standard InChI is InChI=1S/C14H13FN2O2/c15-13-10-12(6-7-14(13)17(18)19)16-9-8-11-4-2-1-3-5-11/h1-7,10,16H,8-9H2. The highest BCUT2D eigenvalue weighted by Crippen LogP contribution is 2.20. The number of nitrogens with one attached hydrogen (secondary N) is 1. The van der Waals surface area contributed by atoms with Gasteiger partial charge in [-0.1, -0.05) is 30.3 Å². The fourth-order valence-corrected chi connectivity index (χ4v) is 1.76. The molecule has 2 rings (SSSR count). The van der Waals surface area contributed by atoms with E-state index in [1.165, 1.54) is 17.7 Å². The average Bonchev–Trinajstić information content (AvgIpc) is 2.39. The van der Waals surface area contributed by atoms with Crippen molar-refractivity contribution in [3.05, 3.63) is 70.0 Å². The molecule has 0 bridgehead atoms. The predicted octanol–water partition coefficient (Wildman–Crippen LogP) is 3.39. The van der Waals surface area contributed by atoms with Gasteiger partial charge in [-0.25, -0.2) is 0 Å². The van der Waals surface area contributed by atoms with E-state index in [-0.39, 0.29) is 0 Å². The van der Waals surface area contributed by atoms with Gasteiger partial charge >= 0.3 is 5.69 Å². The summed E-state index contributed by atoms with van der Waals surface area (Å²) < 4.78 is 13.4. The Balaban J connectivity index is 1.93. The average molecular weight is 260 g/mol. The second-order valence-electron chi connectivity index (χ2n) is 4.09. The lowest BCUT2D eigenvalue weighted by atomic mass is 10.1. The quantitative estimate of drug-likeness (QED) is 0.662. The fraction of sp³-hybridized carbons (Fsp3) is 0.143. The van der Waals surface area contributed by atoms with Crippen LogP contribution in [0, 0.1) is 15.9 Å². The summed E-state index contributed by atoms with van der Waals surface area (Å²) in [6.07, 6.45) is 0.805. The molecule has 0 saturated heterocycles. The highest BCUT2D eigenvalue weighted by atomic mass is 19.1. The summed E-state index contributed by atoms with van der Waals surface area (Å²) in [6, 6.07) is 13.7. The molecule has 0 amide bonds. The SMILES string of the molecule is O=[N+]([O-])c1ccc(NCCc2ccccc2)cc1F. The molecule has 19 heavy (non-hydrogen) atoms. The number of halogens is 1.